The predicted molar refractivity (Wildman–Crippen MR) is 105 cm³/mol. The van der Waals surface area contributed by atoms with Crippen LogP contribution in [0.15, 0.2) is 36.7 Å². The average molecular weight is 371 g/mol. The van der Waals surface area contributed by atoms with Gasteiger partial charge in [0, 0.05) is 45.8 Å². The summed E-state index contributed by atoms with van der Waals surface area (Å²) < 4.78 is 14.0. The van der Waals surface area contributed by atoms with Crippen molar-refractivity contribution in [1.29, 1.82) is 0 Å². The highest BCUT2D eigenvalue weighted by molar-refractivity contribution is 5.93. The molecule has 0 unspecified atom stereocenters. The van der Waals surface area contributed by atoms with Gasteiger partial charge in [-0.3, -0.25) is 4.79 Å². The summed E-state index contributed by atoms with van der Waals surface area (Å²) in [6.45, 7) is 5.31. The molecule has 1 saturated heterocycles. The SMILES string of the molecule is CCCCN(C)c1cc(C(=O)N2CCN(c3ccccc3F)CC2)ncn1. The molecule has 0 bridgehead atoms. The number of piperazine rings is 1. The summed E-state index contributed by atoms with van der Waals surface area (Å²) in [5.74, 6) is 0.426. The number of anilines is 2. The fourth-order valence-electron chi connectivity index (χ4n) is 3.20. The van der Waals surface area contributed by atoms with E-state index in [1.165, 1.54) is 12.4 Å². The maximum absolute atomic E-state index is 14.0. The van der Waals surface area contributed by atoms with E-state index in [9.17, 15) is 9.18 Å². The second-order valence-corrected chi connectivity index (χ2v) is 6.77. The molecular formula is C20H26FN5O. The Hall–Kier alpha value is -2.70. The highest BCUT2D eigenvalue weighted by Crippen LogP contribution is 2.21. The number of halogens is 1. The quantitative estimate of drug-likeness (QED) is 0.782. The van der Waals surface area contributed by atoms with Gasteiger partial charge in [-0.05, 0) is 18.6 Å². The van der Waals surface area contributed by atoms with Gasteiger partial charge in [-0.25, -0.2) is 14.4 Å². The molecule has 1 aliphatic heterocycles. The Kier molecular flexibility index (Phi) is 6.21. The maximum atomic E-state index is 14.0. The number of unbranched alkanes of at least 4 members (excludes halogenated alkanes) is 1. The number of para-hydroxylation sites is 1. The van der Waals surface area contributed by atoms with Crippen molar-refractivity contribution < 1.29 is 9.18 Å². The molecule has 1 aliphatic rings. The van der Waals surface area contributed by atoms with E-state index in [2.05, 4.69) is 16.9 Å². The fraction of sp³-hybridized carbons (Fsp3) is 0.450. The minimum Gasteiger partial charge on any atom is -0.366 e. The summed E-state index contributed by atoms with van der Waals surface area (Å²) in [7, 11) is 1.97. The molecule has 7 heteroatoms. The van der Waals surface area contributed by atoms with Gasteiger partial charge in [0.25, 0.3) is 5.91 Å². The van der Waals surface area contributed by atoms with Gasteiger partial charge in [-0.2, -0.15) is 0 Å². The molecule has 2 aromatic rings. The van der Waals surface area contributed by atoms with Crippen molar-refractivity contribution in [1.82, 2.24) is 14.9 Å². The van der Waals surface area contributed by atoms with Crippen molar-refractivity contribution in [2.24, 2.45) is 0 Å². The lowest BCUT2D eigenvalue weighted by molar-refractivity contribution is 0.0740. The van der Waals surface area contributed by atoms with Crippen molar-refractivity contribution in [3.8, 4) is 0 Å². The Morgan fingerprint density at radius 3 is 2.63 bits per heavy atom. The molecule has 1 aromatic heterocycles. The van der Waals surface area contributed by atoms with Crippen LogP contribution in [0.25, 0.3) is 0 Å². The molecule has 0 spiro atoms. The zero-order chi connectivity index (χ0) is 19.2. The smallest absolute Gasteiger partial charge is 0.272 e. The van der Waals surface area contributed by atoms with Crippen LogP contribution in [0.4, 0.5) is 15.9 Å². The molecule has 27 heavy (non-hydrogen) atoms. The van der Waals surface area contributed by atoms with Crippen LogP contribution >= 0.6 is 0 Å². The first-order valence-corrected chi connectivity index (χ1v) is 9.42. The van der Waals surface area contributed by atoms with Crippen molar-refractivity contribution in [3.05, 3.63) is 48.2 Å². The zero-order valence-corrected chi connectivity index (χ0v) is 15.9. The molecule has 1 fully saturated rings. The summed E-state index contributed by atoms with van der Waals surface area (Å²) in [5, 5.41) is 0. The molecule has 0 saturated carbocycles. The van der Waals surface area contributed by atoms with Crippen molar-refractivity contribution in [2.75, 3.05) is 49.6 Å². The molecule has 0 aliphatic carbocycles. The van der Waals surface area contributed by atoms with Crippen LogP contribution in [-0.4, -0.2) is 60.5 Å². The van der Waals surface area contributed by atoms with Gasteiger partial charge in [0.2, 0.25) is 0 Å². The minimum absolute atomic E-state index is 0.101. The van der Waals surface area contributed by atoms with Crippen molar-refractivity contribution in [2.45, 2.75) is 19.8 Å². The van der Waals surface area contributed by atoms with Crippen LogP contribution in [0.1, 0.15) is 30.3 Å². The van der Waals surface area contributed by atoms with Gasteiger partial charge in [-0.1, -0.05) is 25.5 Å². The number of amides is 1. The third kappa shape index (κ3) is 4.53. The second-order valence-electron chi connectivity index (χ2n) is 6.77. The van der Waals surface area contributed by atoms with Crippen molar-refractivity contribution >= 4 is 17.4 Å². The summed E-state index contributed by atoms with van der Waals surface area (Å²) in [5.41, 5.74) is 0.995. The number of nitrogens with zero attached hydrogens (tertiary/aromatic N) is 5. The number of hydrogen-bond acceptors (Lipinski definition) is 5. The highest BCUT2D eigenvalue weighted by atomic mass is 19.1. The van der Waals surface area contributed by atoms with Gasteiger partial charge >= 0.3 is 0 Å². The van der Waals surface area contributed by atoms with Gasteiger partial charge in [-0.15, -0.1) is 0 Å². The van der Waals surface area contributed by atoms with Gasteiger partial charge in [0.1, 0.15) is 23.7 Å². The molecule has 2 heterocycles. The molecule has 144 valence electrons. The van der Waals surface area contributed by atoms with Crippen LogP contribution in [0.2, 0.25) is 0 Å². The fourth-order valence-corrected chi connectivity index (χ4v) is 3.20. The van der Waals surface area contributed by atoms with Crippen LogP contribution in [0.5, 0.6) is 0 Å². The molecule has 0 radical (unpaired) electrons. The average Bonchev–Trinajstić information content (AvgIpc) is 2.72. The third-order valence-electron chi connectivity index (χ3n) is 4.87. The topological polar surface area (TPSA) is 52.6 Å². The first-order valence-electron chi connectivity index (χ1n) is 9.42. The van der Waals surface area contributed by atoms with E-state index in [1.807, 2.05) is 22.9 Å². The molecule has 0 atom stereocenters. The lowest BCUT2D eigenvalue weighted by Crippen LogP contribution is -2.49. The van der Waals surface area contributed by atoms with Crippen LogP contribution in [-0.2, 0) is 0 Å². The van der Waals surface area contributed by atoms with E-state index in [0.29, 0.717) is 37.6 Å². The van der Waals surface area contributed by atoms with Crippen LogP contribution in [0, 0.1) is 5.82 Å². The number of aromatic nitrogens is 2. The Bertz CT molecular complexity index is 776. The number of rotatable bonds is 6. The van der Waals surface area contributed by atoms with Gasteiger partial charge in [0.05, 0.1) is 5.69 Å². The van der Waals surface area contributed by atoms with Crippen molar-refractivity contribution in [3.63, 3.8) is 0 Å². The summed E-state index contributed by atoms with van der Waals surface area (Å²) >= 11 is 0. The number of benzene rings is 1. The van der Waals surface area contributed by atoms with Crippen LogP contribution in [0.3, 0.4) is 0 Å². The van der Waals surface area contributed by atoms with Gasteiger partial charge < -0.3 is 14.7 Å². The van der Waals surface area contributed by atoms with E-state index >= 15 is 0 Å². The van der Waals surface area contributed by atoms with E-state index in [0.717, 1.165) is 25.2 Å². The van der Waals surface area contributed by atoms with Crippen LogP contribution < -0.4 is 9.80 Å². The predicted octanol–water partition coefficient (Wildman–Crippen LogP) is 2.81. The number of carbonyl (C=O) groups excluding carboxylic acids is 1. The standard InChI is InChI=1S/C20H26FN5O/c1-3-4-9-24(2)19-14-17(22-15-23-19)20(27)26-12-10-25(11-13-26)18-8-6-5-7-16(18)21/h5-8,14-15H,3-4,9-13H2,1-2H3. The number of carbonyl (C=O) groups is 1. The lowest BCUT2D eigenvalue weighted by Gasteiger charge is -2.36. The lowest BCUT2D eigenvalue weighted by atomic mass is 10.2. The highest BCUT2D eigenvalue weighted by Gasteiger charge is 2.24. The molecule has 1 amide bonds. The van der Waals surface area contributed by atoms with E-state index in [1.54, 1.807) is 23.1 Å². The summed E-state index contributed by atoms with van der Waals surface area (Å²) in [4.78, 5) is 27.1. The Balaban J connectivity index is 1.63. The van der Waals surface area contributed by atoms with Gasteiger partial charge in [0.15, 0.2) is 0 Å². The normalized spacial score (nSPS) is 14.3. The minimum atomic E-state index is -0.229. The first kappa shape index (κ1) is 19.1. The maximum Gasteiger partial charge on any atom is 0.272 e. The molecule has 3 rings (SSSR count). The van der Waals surface area contributed by atoms with E-state index in [-0.39, 0.29) is 11.7 Å². The zero-order valence-electron chi connectivity index (χ0n) is 15.9. The largest absolute Gasteiger partial charge is 0.366 e. The Labute approximate surface area is 159 Å². The molecular weight excluding hydrogens is 345 g/mol. The van der Waals surface area contributed by atoms with E-state index < -0.39 is 0 Å². The number of hydrogen-bond donors (Lipinski definition) is 0. The summed E-state index contributed by atoms with van der Waals surface area (Å²) in [6.07, 6.45) is 3.62. The third-order valence-corrected chi connectivity index (χ3v) is 4.87. The Morgan fingerprint density at radius 2 is 1.93 bits per heavy atom. The van der Waals surface area contributed by atoms with E-state index in [4.69, 9.17) is 0 Å². The second kappa shape index (κ2) is 8.79. The Morgan fingerprint density at radius 1 is 1.19 bits per heavy atom. The first-order chi connectivity index (χ1) is 13.1. The monoisotopic (exact) mass is 371 g/mol. The molecule has 0 N–H and O–H groups in total. The molecule has 6 nitrogen and oxygen atoms in total. The molecule has 1 aromatic carbocycles. The summed E-state index contributed by atoms with van der Waals surface area (Å²) in [6, 6.07) is 8.50.